The fourth-order valence-corrected chi connectivity index (χ4v) is 4.43. The summed E-state index contributed by atoms with van der Waals surface area (Å²) in [6.07, 6.45) is -1.72. The van der Waals surface area contributed by atoms with E-state index in [1.165, 1.54) is 24.7 Å². The smallest absolute Gasteiger partial charge is 0.408 e. The maximum atomic E-state index is 14.7. The summed E-state index contributed by atoms with van der Waals surface area (Å²) < 4.78 is 68.1. The largest absolute Gasteiger partial charge is 0.493 e. The van der Waals surface area contributed by atoms with Crippen LogP contribution in [0.5, 0.6) is 11.5 Å². The van der Waals surface area contributed by atoms with Crippen LogP contribution in [0.25, 0.3) is 16.9 Å². The third-order valence-electron chi connectivity index (χ3n) is 5.84. The molecule has 0 unspecified atom stereocenters. The Morgan fingerprint density at radius 2 is 1.94 bits per heavy atom. The minimum Gasteiger partial charge on any atom is -0.493 e. The third kappa shape index (κ3) is 3.24. The maximum absolute atomic E-state index is 14.7. The molecule has 1 N–H and O–H groups in total. The van der Waals surface area contributed by atoms with Crippen molar-refractivity contribution in [2.24, 2.45) is 0 Å². The van der Waals surface area contributed by atoms with Gasteiger partial charge in [0.25, 0.3) is 0 Å². The lowest BCUT2D eigenvalue weighted by Crippen LogP contribution is -2.19. The number of aromatic nitrogens is 5. The van der Waals surface area contributed by atoms with E-state index in [4.69, 9.17) is 9.47 Å². The lowest BCUT2D eigenvalue weighted by Gasteiger charge is -2.17. The molecule has 0 radical (unpaired) electrons. The van der Waals surface area contributed by atoms with E-state index in [0.717, 1.165) is 10.2 Å². The molecule has 0 fully saturated rings. The van der Waals surface area contributed by atoms with Crippen LogP contribution in [0.3, 0.4) is 0 Å². The number of fused-ring (bicyclic) bond motifs is 3. The van der Waals surface area contributed by atoms with Gasteiger partial charge >= 0.3 is 6.18 Å². The number of hydrogen-bond acceptors (Lipinski definition) is 6. The van der Waals surface area contributed by atoms with Crippen LogP contribution in [0.2, 0.25) is 0 Å². The van der Waals surface area contributed by atoms with Gasteiger partial charge in [-0.05, 0) is 24.3 Å². The average molecular weight is 460 g/mol. The van der Waals surface area contributed by atoms with Crippen LogP contribution >= 0.6 is 0 Å². The number of halogens is 4. The van der Waals surface area contributed by atoms with Crippen molar-refractivity contribution in [1.82, 2.24) is 24.4 Å². The zero-order valence-electron chi connectivity index (χ0n) is 16.9. The molecular formula is C21H16F4N6O2. The molecule has 1 aromatic carbocycles. The zero-order valence-corrected chi connectivity index (χ0v) is 16.9. The van der Waals surface area contributed by atoms with E-state index < -0.39 is 12.7 Å². The van der Waals surface area contributed by atoms with Gasteiger partial charge in [0.2, 0.25) is 0 Å². The minimum absolute atomic E-state index is 0.157. The van der Waals surface area contributed by atoms with Gasteiger partial charge < -0.3 is 14.8 Å². The topological polar surface area (TPSA) is 78.5 Å². The van der Waals surface area contributed by atoms with Crippen molar-refractivity contribution >= 4 is 11.5 Å². The van der Waals surface area contributed by atoms with Crippen LogP contribution in [-0.4, -0.2) is 43.8 Å². The van der Waals surface area contributed by atoms with Crippen LogP contribution in [0.15, 0.2) is 36.8 Å². The summed E-state index contributed by atoms with van der Waals surface area (Å²) >= 11 is 0. The van der Waals surface area contributed by atoms with Crippen molar-refractivity contribution < 1.29 is 27.0 Å². The molecule has 6 rings (SSSR count). The van der Waals surface area contributed by atoms with Crippen molar-refractivity contribution in [3.8, 4) is 22.8 Å². The van der Waals surface area contributed by atoms with Crippen molar-refractivity contribution in [2.45, 2.75) is 25.2 Å². The Hall–Kier alpha value is -3.83. The Balaban J connectivity index is 1.48. The molecule has 5 heterocycles. The first-order chi connectivity index (χ1) is 15.9. The summed E-state index contributed by atoms with van der Waals surface area (Å²) in [5, 5.41) is 15.1. The molecule has 12 heteroatoms. The third-order valence-corrected chi connectivity index (χ3v) is 5.84. The maximum Gasteiger partial charge on any atom is 0.408 e. The van der Waals surface area contributed by atoms with Crippen LogP contribution in [-0.2, 0) is 13.1 Å². The van der Waals surface area contributed by atoms with E-state index in [0.29, 0.717) is 40.7 Å². The second kappa shape index (κ2) is 7.09. The van der Waals surface area contributed by atoms with Gasteiger partial charge in [0, 0.05) is 29.4 Å². The summed E-state index contributed by atoms with van der Waals surface area (Å²) in [6, 6.07) is 6.07. The summed E-state index contributed by atoms with van der Waals surface area (Å²) in [4.78, 5) is 0. The number of anilines is 1. The Kier molecular flexibility index (Phi) is 4.26. The first-order valence-electron chi connectivity index (χ1n) is 10.2. The number of rotatable bonds is 2. The van der Waals surface area contributed by atoms with E-state index in [9.17, 15) is 17.6 Å². The lowest BCUT2D eigenvalue weighted by molar-refractivity contribution is -0.142. The fourth-order valence-electron chi connectivity index (χ4n) is 4.43. The highest BCUT2D eigenvalue weighted by atomic mass is 19.4. The average Bonchev–Trinajstić information content (AvgIpc) is 3.50. The molecule has 2 aliphatic rings. The summed E-state index contributed by atoms with van der Waals surface area (Å²) in [7, 11) is 0. The van der Waals surface area contributed by atoms with E-state index in [1.807, 2.05) is 0 Å². The van der Waals surface area contributed by atoms with Crippen molar-refractivity contribution in [1.29, 1.82) is 0 Å². The fraction of sp³-hybridized carbons (Fsp3) is 0.286. The molecule has 170 valence electrons. The SMILES string of the molecule is Fc1ccc2c3c1CNc1c(cc(-c4ccnn4CC(F)(F)F)c4nncn14)OC[C@H]3CO2. The van der Waals surface area contributed by atoms with Crippen LogP contribution in [0, 0.1) is 5.82 Å². The highest BCUT2D eigenvalue weighted by molar-refractivity contribution is 5.80. The van der Waals surface area contributed by atoms with Crippen molar-refractivity contribution in [2.75, 3.05) is 18.5 Å². The normalized spacial score (nSPS) is 17.3. The van der Waals surface area contributed by atoms with E-state index in [2.05, 4.69) is 20.6 Å². The summed E-state index contributed by atoms with van der Waals surface area (Å²) in [5.74, 6) is 0.929. The van der Waals surface area contributed by atoms with Gasteiger partial charge in [-0.1, -0.05) is 0 Å². The molecule has 33 heavy (non-hydrogen) atoms. The Labute approximate surface area is 183 Å². The molecule has 0 saturated heterocycles. The molecule has 0 aliphatic carbocycles. The molecule has 0 amide bonds. The van der Waals surface area contributed by atoms with Crippen molar-refractivity contribution in [3.05, 3.63) is 53.7 Å². The number of alkyl halides is 3. The number of nitrogens with one attached hydrogen (secondary N) is 1. The predicted molar refractivity (Wildman–Crippen MR) is 108 cm³/mol. The predicted octanol–water partition coefficient (Wildman–Crippen LogP) is 3.77. The molecule has 3 aromatic heterocycles. The molecule has 0 spiro atoms. The van der Waals surface area contributed by atoms with Crippen LogP contribution in [0.1, 0.15) is 17.0 Å². The van der Waals surface area contributed by atoms with Crippen molar-refractivity contribution in [3.63, 3.8) is 0 Å². The number of hydrogen-bond donors (Lipinski definition) is 1. The Morgan fingerprint density at radius 1 is 1.12 bits per heavy atom. The zero-order chi connectivity index (χ0) is 22.7. The highest BCUT2D eigenvalue weighted by Crippen LogP contribution is 2.42. The van der Waals surface area contributed by atoms with Gasteiger partial charge in [0.15, 0.2) is 17.2 Å². The number of benzene rings is 1. The first-order valence-corrected chi connectivity index (χ1v) is 10.2. The lowest BCUT2D eigenvalue weighted by atomic mass is 9.96. The van der Waals surface area contributed by atoms with Gasteiger partial charge in [-0.3, -0.25) is 9.08 Å². The van der Waals surface area contributed by atoms with Gasteiger partial charge in [-0.2, -0.15) is 18.3 Å². The number of pyridine rings is 1. The molecule has 0 saturated carbocycles. The Morgan fingerprint density at radius 3 is 2.76 bits per heavy atom. The molecule has 1 atom stereocenters. The number of nitrogens with zero attached hydrogens (tertiary/aromatic N) is 5. The highest BCUT2D eigenvalue weighted by Gasteiger charge is 2.33. The molecule has 8 nitrogen and oxygen atoms in total. The van der Waals surface area contributed by atoms with Gasteiger partial charge in [0.1, 0.15) is 24.4 Å². The molecular weight excluding hydrogens is 444 g/mol. The molecule has 0 bridgehead atoms. The van der Waals surface area contributed by atoms with Gasteiger partial charge in [-0.15, -0.1) is 10.2 Å². The summed E-state index contributed by atoms with van der Waals surface area (Å²) in [5.41, 5.74) is 2.16. The van der Waals surface area contributed by atoms with Gasteiger partial charge in [-0.25, -0.2) is 4.39 Å². The molecule has 2 aliphatic heterocycles. The van der Waals surface area contributed by atoms with E-state index in [1.54, 1.807) is 16.5 Å². The van der Waals surface area contributed by atoms with Crippen LogP contribution in [0.4, 0.5) is 23.4 Å². The second-order valence-electron chi connectivity index (χ2n) is 7.89. The summed E-state index contributed by atoms with van der Waals surface area (Å²) in [6.45, 7) is -0.541. The van der Waals surface area contributed by atoms with E-state index >= 15 is 0 Å². The van der Waals surface area contributed by atoms with Gasteiger partial charge in [0.05, 0.1) is 24.8 Å². The monoisotopic (exact) mass is 460 g/mol. The van der Waals surface area contributed by atoms with Crippen LogP contribution < -0.4 is 14.8 Å². The number of ether oxygens (including phenoxy) is 2. The quantitative estimate of drug-likeness (QED) is 0.459. The Bertz CT molecular complexity index is 1380. The minimum atomic E-state index is -4.44. The van der Waals surface area contributed by atoms with E-state index in [-0.39, 0.29) is 30.6 Å². The standard InChI is InChI=1S/C21H16F4N6O2/c22-14-1-2-16-18-11(7-32-16)8-33-17-5-12(15-3-4-28-31(15)9-21(23,24)25)19-29-27-10-30(19)20(17)26-6-13(14)18/h1-5,10-11,26H,6-9H2/t11-/m1/s1. The second-order valence-corrected chi connectivity index (χ2v) is 7.89. The first kappa shape index (κ1) is 19.8. The molecule has 4 aromatic rings.